The van der Waals surface area contributed by atoms with Crippen LogP contribution in [0, 0.1) is 10.1 Å². The molecule has 0 radical (unpaired) electrons. The van der Waals surface area contributed by atoms with E-state index in [1.165, 1.54) is 30.3 Å². The molecule has 8 nitrogen and oxygen atoms in total. The molecule has 0 heterocycles. The fourth-order valence-corrected chi connectivity index (χ4v) is 2.02. The minimum absolute atomic E-state index is 0.0326. The van der Waals surface area contributed by atoms with Gasteiger partial charge in [0.25, 0.3) is 0 Å². The van der Waals surface area contributed by atoms with Crippen LogP contribution in [-0.2, 0) is 0 Å². The van der Waals surface area contributed by atoms with Crippen molar-refractivity contribution in [2.45, 2.75) is 0 Å². The largest absolute Gasteiger partial charge is 0.478 e. The number of hydrogen-bond donors (Lipinski definition) is 3. The van der Waals surface area contributed by atoms with Gasteiger partial charge in [0.15, 0.2) is 0 Å². The van der Waals surface area contributed by atoms with Crippen molar-refractivity contribution >= 4 is 28.8 Å². The van der Waals surface area contributed by atoms with Crippen LogP contribution in [0.4, 0.5) is 17.1 Å². The minimum Gasteiger partial charge on any atom is -0.478 e. The Morgan fingerprint density at radius 3 is 2.14 bits per heavy atom. The van der Waals surface area contributed by atoms with Gasteiger partial charge in [-0.3, -0.25) is 14.9 Å². The number of rotatable bonds is 4. The van der Waals surface area contributed by atoms with E-state index in [0.717, 1.165) is 6.07 Å². The number of nitrogens with zero attached hydrogens (tertiary/aromatic N) is 1. The number of benzene rings is 2. The smallest absolute Gasteiger partial charge is 0.336 e. The van der Waals surface area contributed by atoms with Gasteiger partial charge in [-0.1, -0.05) is 18.2 Å². The molecule has 0 amide bonds. The standard InChI is InChI=1S/C14H11N3O5/c15-10-6-5-9(12(11(10)16)17(21)22)13(18)7-3-1-2-4-8(7)14(19)20/h1-6H,15-16H2,(H,19,20). The van der Waals surface area contributed by atoms with Gasteiger partial charge >= 0.3 is 11.7 Å². The number of ketones is 1. The van der Waals surface area contributed by atoms with Gasteiger partial charge in [-0.2, -0.15) is 0 Å². The number of carbonyl (C=O) groups excluding carboxylic acids is 1. The fraction of sp³-hybridized carbons (Fsp3) is 0. The Bertz CT molecular complexity index is 801. The zero-order valence-corrected chi connectivity index (χ0v) is 11.1. The highest BCUT2D eigenvalue weighted by Crippen LogP contribution is 2.33. The summed E-state index contributed by atoms with van der Waals surface area (Å²) in [6, 6.07) is 7.85. The second-order valence-corrected chi connectivity index (χ2v) is 4.40. The van der Waals surface area contributed by atoms with Crippen LogP contribution in [0.3, 0.4) is 0 Å². The molecule has 0 spiro atoms. The van der Waals surface area contributed by atoms with E-state index in [9.17, 15) is 19.7 Å². The zero-order valence-electron chi connectivity index (χ0n) is 11.1. The summed E-state index contributed by atoms with van der Waals surface area (Å²) in [5.74, 6) is -2.12. The Morgan fingerprint density at radius 2 is 1.59 bits per heavy atom. The average Bonchev–Trinajstić information content (AvgIpc) is 2.48. The summed E-state index contributed by atoms with van der Waals surface area (Å²) >= 11 is 0. The molecule has 0 aliphatic heterocycles. The van der Waals surface area contributed by atoms with Gasteiger partial charge < -0.3 is 16.6 Å². The fourth-order valence-electron chi connectivity index (χ4n) is 2.02. The Morgan fingerprint density at radius 1 is 1.00 bits per heavy atom. The molecule has 0 unspecified atom stereocenters. The van der Waals surface area contributed by atoms with Crippen molar-refractivity contribution < 1.29 is 19.6 Å². The molecule has 2 aromatic carbocycles. The lowest BCUT2D eigenvalue weighted by Gasteiger charge is -2.08. The van der Waals surface area contributed by atoms with E-state index in [-0.39, 0.29) is 28.1 Å². The normalized spacial score (nSPS) is 10.2. The molecule has 2 aromatic rings. The Labute approximate surface area is 124 Å². The molecule has 0 aliphatic carbocycles. The van der Waals surface area contributed by atoms with Crippen molar-refractivity contribution in [3.05, 3.63) is 63.2 Å². The Balaban J connectivity index is 2.68. The molecule has 112 valence electrons. The minimum atomic E-state index is -1.31. The molecule has 0 saturated carbocycles. The van der Waals surface area contributed by atoms with E-state index >= 15 is 0 Å². The number of nitrogens with two attached hydrogens (primary N) is 2. The number of hydrogen-bond acceptors (Lipinski definition) is 6. The number of aromatic carboxylic acids is 1. The molecule has 2 rings (SSSR count). The van der Waals surface area contributed by atoms with Gasteiger partial charge in [-0.15, -0.1) is 0 Å². The number of carboxylic acid groups (broad SMARTS) is 1. The lowest BCUT2D eigenvalue weighted by atomic mass is 9.96. The average molecular weight is 301 g/mol. The van der Waals surface area contributed by atoms with Gasteiger partial charge in [-0.05, 0) is 18.2 Å². The van der Waals surface area contributed by atoms with Crippen molar-refractivity contribution in [1.82, 2.24) is 0 Å². The van der Waals surface area contributed by atoms with Crippen LogP contribution in [0.25, 0.3) is 0 Å². The molecule has 22 heavy (non-hydrogen) atoms. The van der Waals surface area contributed by atoms with E-state index < -0.39 is 22.4 Å². The maximum Gasteiger partial charge on any atom is 0.336 e. The maximum atomic E-state index is 12.5. The molecule has 0 aromatic heterocycles. The van der Waals surface area contributed by atoms with Crippen LogP contribution >= 0.6 is 0 Å². The second-order valence-electron chi connectivity index (χ2n) is 4.40. The van der Waals surface area contributed by atoms with Gasteiger partial charge in [0.2, 0.25) is 5.78 Å². The second kappa shape index (κ2) is 5.52. The molecular weight excluding hydrogens is 290 g/mol. The van der Waals surface area contributed by atoms with Crippen molar-refractivity contribution in [1.29, 1.82) is 0 Å². The summed E-state index contributed by atoms with van der Waals surface area (Å²) in [6.07, 6.45) is 0. The third-order valence-electron chi connectivity index (χ3n) is 3.08. The van der Waals surface area contributed by atoms with Crippen LogP contribution in [-0.4, -0.2) is 21.8 Å². The quantitative estimate of drug-likeness (QED) is 0.336. The summed E-state index contributed by atoms with van der Waals surface area (Å²) in [5.41, 5.74) is 9.34. The predicted molar refractivity (Wildman–Crippen MR) is 78.8 cm³/mol. The molecule has 0 atom stereocenters. The van der Waals surface area contributed by atoms with Gasteiger partial charge in [-0.25, -0.2) is 4.79 Å². The van der Waals surface area contributed by atoms with Crippen molar-refractivity contribution in [3.63, 3.8) is 0 Å². The molecule has 0 bridgehead atoms. The van der Waals surface area contributed by atoms with Crippen molar-refractivity contribution in [2.24, 2.45) is 0 Å². The zero-order chi connectivity index (χ0) is 16.4. The highest BCUT2D eigenvalue weighted by Gasteiger charge is 2.28. The van der Waals surface area contributed by atoms with Crippen LogP contribution in [0.5, 0.6) is 0 Å². The summed E-state index contributed by atoms with van der Waals surface area (Å²) in [7, 11) is 0. The lowest BCUT2D eigenvalue weighted by Crippen LogP contribution is -2.13. The maximum absolute atomic E-state index is 12.5. The Hall–Kier alpha value is -3.42. The van der Waals surface area contributed by atoms with Gasteiger partial charge in [0, 0.05) is 5.56 Å². The number of carbonyl (C=O) groups is 2. The SMILES string of the molecule is Nc1ccc(C(=O)c2ccccc2C(=O)O)c([N+](=O)[O-])c1N. The summed E-state index contributed by atoms with van der Waals surface area (Å²) in [6.45, 7) is 0. The first-order chi connectivity index (χ1) is 10.3. The monoisotopic (exact) mass is 301 g/mol. The van der Waals surface area contributed by atoms with E-state index in [1.54, 1.807) is 0 Å². The van der Waals surface area contributed by atoms with Gasteiger partial charge in [0.1, 0.15) is 11.3 Å². The highest BCUT2D eigenvalue weighted by atomic mass is 16.6. The number of carboxylic acids is 1. The third-order valence-corrected chi connectivity index (χ3v) is 3.08. The number of anilines is 2. The topological polar surface area (TPSA) is 150 Å². The van der Waals surface area contributed by atoms with E-state index in [2.05, 4.69) is 0 Å². The van der Waals surface area contributed by atoms with Crippen LogP contribution in [0.15, 0.2) is 36.4 Å². The van der Waals surface area contributed by atoms with E-state index in [0.29, 0.717) is 0 Å². The van der Waals surface area contributed by atoms with Crippen LogP contribution in [0.1, 0.15) is 26.3 Å². The third kappa shape index (κ3) is 2.44. The van der Waals surface area contributed by atoms with Gasteiger partial charge in [0.05, 0.1) is 16.2 Å². The summed E-state index contributed by atoms with van der Waals surface area (Å²) in [5, 5.41) is 20.3. The lowest BCUT2D eigenvalue weighted by molar-refractivity contribution is -0.384. The summed E-state index contributed by atoms with van der Waals surface area (Å²) in [4.78, 5) is 34.0. The first-order valence-corrected chi connectivity index (χ1v) is 6.04. The first-order valence-electron chi connectivity index (χ1n) is 6.04. The van der Waals surface area contributed by atoms with E-state index in [4.69, 9.17) is 16.6 Å². The number of nitro benzene ring substituents is 1. The van der Waals surface area contributed by atoms with Crippen molar-refractivity contribution in [2.75, 3.05) is 11.5 Å². The van der Waals surface area contributed by atoms with Crippen molar-refractivity contribution in [3.8, 4) is 0 Å². The Kier molecular flexibility index (Phi) is 3.76. The highest BCUT2D eigenvalue weighted by molar-refractivity contribution is 6.17. The molecular formula is C14H11N3O5. The predicted octanol–water partition coefficient (Wildman–Crippen LogP) is 1.69. The molecule has 0 saturated heterocycles. The first kappa shape index (κ1) is 15.0. The number of nitro groups is 1. The number of nitrogen functional groups attached to an aromatic ring is 2. The molecule has 8 heteroatoms. The van der Waals surface area contributed by atoms with Crippen LogP contribution in [0.2, 0.25) is 0 Å². The molecule has 0 fully saturated rings. The van der Waals surface area contributed by atoms with Crippen LogP contribution < -0.4 is 11.5 Å². The summed E-state index contributed by atoms with van der Waals surface area (Å²) < 4.78 is 0. The molecule has 0 aliphatic rings. The van der Waals surface area contributed by atoms with E-state index in [1.807, 2.05) is 0 Å². The molecule has 5 N–H and O–H groups in total.